The summed E-state index contributed by atoms with van der Waals surface area (Å²) in [6.45, 7) is 16.3. The molecule has 0 heterocycles. The van der Waals surface area contributed by atoms with E-state index in [1.165, 1.54) is 45.5 Å². The lowest BCUT2D eigenvalue weighted by Crippen LogP contribution is -2.27. The molecule has 2 heteroatoms. The number of ether oxygens (including phenoxy) is 1. The molecule has 6 aliphatic carbocycles. The molecule has 0 aromatic heterocycles. The van der Waals surface area contributed by atoms with E-state index in [9.17, 15) is 4.79 Å². The highest BCUT2D eigenvalue weighted by atomic mass is 16.5. The molecule has 8 atom stereocenters. The van der Waals surface area contributed by atoms with Gasteiger partial charge in [-0.05, 0) is 257 Å². The highest BCUT2D eigenvalue weighted by Crippen LogP contribution is 2.92. The number of carbonyl (C=O) groups is 1. The predicted octanol–water partition coefficient (Wildman–Crippen LogP) is 16.9. The van der Waals surface area contributed by atoms with Gasteiger partial charge in [-0.1, -0.05) is 96.5 Å². The van der Waals surface area contributed by atoms with Crippen LogP contribution in [0, 0.1) is 23.2 Å². The normalized spacial score (nSPS) is 25.0. The molecule has 1 fully saturated rings. The van der Waals surface area contributed by atoms with Gasteiger partial charge in [0, 0.05) is 22.7 Å². The summed E-state index contributed by atoms with van der Waals surface area (Å²) in [7, 11) is 0. The number of carbonyl (C=O) groups excluding carboxylic acids is 1. The molecule has 0 amide bonds. The molecule has 0 aliphatic heterocycles. The van der Waals surface area contributed by atoms with Crippen molar-refractivity contribution in [2.45, 2.75) is 136 Å². The largest absolute Gasteiger partial charge is 0.462 e. The van der Waals surface area contributed by atoms with Crippen LogP contribution in [0.4, 0.5) is 0 Å². The van der Waals surface area contributed by atoms with Crippen LogP contribution < -0.4 is 0 Å². The van der Waals surface area contributed by atoms with E-state index in [0.29, 0.717) is 24.2 Å². The number of allylic oxidation sites excluding steroid dienone is 2. The summed E-state index contributed by atoms with van der Waals surface area (Å²) in [5.41, 5.74) is 15.2. The summed E-state index contributed by atoms with van der Waals surface area (Å²) in [5, 5.41) is 31.3. The van der Waals surface area contributed by atoms with Crippen LogP contribution in [0.15, 0.2) is 60.7 Å². The van der Waals surface area contributed by atoms with Gasteiger partial charge in [0.2, 0.25) is 0 Å². The van der Waals surface area contributed by atoms with Gasteiger partial charge in [-0.2, -0.15) is 0 Å². The van der Waals surface area contributed by atoms with Crippen molar-refractivity contribution in [2.75, 3.05) is 0 Å². The topological polar surface area (TPSA) is 26.3 Å². The van der Waals surface area contributed by atoms with Crippen LogP contribution in [-0.4, -0.2) is 12.1 Å². The molecular formula is C66H56O2. The molecule has 12 aromatic carbocycles. The standard InChI is InChI=1S/C66H56O2/c1-8-28(3)16-29(4)17-31(6)32(7)68-43(67)14-11-15-65(42-13-10-12-33(25-42)30(5)9-2)64-26-40-23-38-21-36-19-34-18-35-20-37-22-39-24-41(27-64)51-47(39)55-49(37)53-45(35)44(34)52-48(36)54-46(38)50(40)62-60-58(54)56(52)57(53)59(55)61(60)63(51)66(62,64)65/h10,12-13,18-19,21-23,25,27-32H,8-9,11,14-17,20,24,26H2,1-7H3. The van der Waals surface area contributed by atoms with E-state index in [1.54, 1.807) is 131 Å². The number of hydrogen-bond donors (Lipinski definition) is 0. The lowest BCUT2D eigenvalue weighted by Gasteiger charge is -2.33. The molecule has 1 saturated carbocycles. The minimum absolute atomic E-state index is 0.0154. The lowest BCUT2D eigenvalue weighted by molar-refractivity contribution is -0.151. The van der Waals surface area contributed by atoms with Crippen molar-refractivity contribution in [1.82, 2.24) is 0 Å². The van der Waals surface area contributed by atoms with Crippen LogP contribution in [0.3, 0.4) is 0 Å². The summed E-state index contributed by atoms with van der Waals surface area (Å²) in [6.07, 6.45) is 12.9. The second-order valence-electron chi connectivity index (χ2n) is 24.6. The Balaban J connectivity index is 0.916. The van der Waals surface area contributed by atoms with E-state index >= 15 is 0 Å². The number of rotatable bonds is 14. The minimum Gasteiger partial charge on any atom is -0.462 e. The van der Waals surface area contributed by atoms with E-state index in [-0.39, 0.29) is 28.3 Å². The molecule has 0 bridgehead atoms. The van der Waals surface area contributed by atoms with Crippen LogP contribution in [0.1, 0.15) is 149 Å². The first-order chi connectivity index (χ1) is 33.1. The van der Waals surface area contributed by atoms with Gasteiger partial charge in [0.05, 0.1) is 0 Å². The van der Waals surface area contributed by atoms with E-state index < -0.39 is 0 Å². The maximum atomic E-state index is 14.3. The Bertz CT molecular complexity index is 4330. The van der Waals surface area contributed by atoms with E-state index in [2.05, 4.69) is 109 Å². The fraction of sp³-hybridized carbons (Fsp3) is 0.379. The first-order valence-electron chi connectivity index (χ1n) is 26.9. The second-order valence-corrected chi connectivity index (χ2v) is 24.6. The van der Waals surface area contributed by atoms with Crippen molar-refractivity contribution in [1.29, 1.82) is 0 Å². The van der Waals surface area contributed by atoms with Crippen LogP contribution in [0.25, 0.3) is 113 Å². The zero-order chi connectivity index (χ0) is 45.1. The fourth-order valence-electron chi connectivity index (χ4n) is 19.1. The maximum absolute atomic E-state index is 14.3. The zero-order valence-corrected chi connectivity index (χ0v) is 40.5. The summed E-state index contributed by atoms with van der Waals surface area (Å²) in [6, 6.07) is 23.1. The predicted molar refractivity (Wildman–Crippen MR) is 284 cm³/mol. The number of benzene rings is 8. The molecule has 0 saturated heterocycles. The third-order valence-electron chi connectivity index (χ3n) is 21.6. The third kappa shape index (κ3) is 3.43. The number of esters is 1. The molecule has 2 nitrogen and oxygen atoms in total. The van der Waals surface area contributed by atoms with Crippen LogP contribution in [-0.2, 0) is 39.6 Å². The summed E-state index contributed by atoms with van der Waals surface area (Å²) in [4.78, 5) is 14.3. The van der Waals surface area contributed by atoms with Gasteiger partial charge in [-0.15, -0.1) is 0 Å². The van der Waals surface area contributed by atoms with Gasteiger partial charge >= 0.3 is 5.97 Å². The quantitative estimate of drug-likeness (QED) is 0.0803. The molecule has 12 aromatic rings. The fourth-order valence-corrected chi connectivity index (χ4v) is 19.1. The summed E-state index contributed by atoms with van der Waals surface area (Å²) >= 11 is 0. The van der Waals surface area contributed by atoms with Crippen molar-refractivity contribution in [3.05, 3.63) is 111 Å². The first-order valence-corrected chi connectivity index (χ1v) is 26.9. The van der Waals surface area contributed by atoms with Crippen molar-refractivity contribution in [3.8, 4) is 0 Å². The Morgan fingerprint density at radius 2 is 1.24 bits per heavy atom. The average molecular weight is 881 g/mol. The van der Waals surface area contributed by atoms with Gasteiger partial charge in [0.1, 0.15) is 6.10 Å². The maximum Gasteiger partial charge on any atom is 0.306 e. The Morgan fingerprint density at radius 3 is 2.01 bits per heavy atom. The monoisotopic (exact) mass is 880 g/mol. The third-order valence-corrected chi connectivity index (χ3v) is 21.6. The van der Waals surface area contributed by atoms with Gasteiger partial charge < -0.3 is 4.74 Å². The SMILES string of the molecule is CCC(C)CC(C)CC(C)C(C)OC(=O)CCCC1(c2cccc(C(C)CC)c2)C23C=C4Cc5cc6c7c8c5c4c4c5c9c(c%10c(cc%11cc%12cc%13cc(c%14c%13c%13c%12c(c%11%10)c9c%13c(c%147)c58)C6)C2)C431. The molecule has 18 rings (SSSR count). The molecule has 68 heavy (non-hydrogen) atoms. The van der Waals surface area contributed by atoms with E-state index in [4.69, 9.17) is 4.74 Å². The molecular weight excluding hydrogens is 825 g/mol. The Kier molecular flexibility index (Phi) is 6.10. The van der Waals surface area contributed by atoms with Gasteiger partial charge in [-0.3, -0.25) is 4.79 Å². The summed E-state index contributed by atoms with van der Waals surface area (Å²) in [5.74, 6) is 2.16. The van der Waals surface area contributed by atoms with Gasteiger partial charge in [-0.25, -0.2) is 0 Å². The molecule has 0 N–H and O–H groups in total. The molecule has 6 aliphatic rings. The highest BCUT2D eigenvalue weighted by molar-refractivity contribution is 6.62. The van der Waals surface area contributed by atoms with Crippen LogP contribution in [0.5, 0.6) is 0 Å². The first kappa shape index (κ1) is 37.2. The Morgan fingerprint density at radius 1 is 0.603 bits per heavy atom. The van der Waals surface area contributed by atoms with E-state index in [0.717, 1.165) is 50.9 Å². The Hall–Kier alpha value is -5.73. The molecule has 332 valence electrons. The number of hydrogen-bond acceptors (Lipinski definition) is 2. The Labute approximate surface area is 396 Å². The minimum atomic E-state index is -0.219. The van der Waals surface area contributed by atoms with Gasteiger partial charge in [0.15, 0.2) is 0 Å². The molecule has 0 radical (unpaired) electrons. The van der Waals surface area contributed by atoms with Gasteiger partial charge in [0.25, 0.3) is 0 Å². The smallest absolute Gasteiger partial charge is 0.306 e. The lowest BCUT2D eigenvalue weighted by atomic mass is 9.69. The van der Waals surface area contributed by atoms with Crippen LogP contribution >= 0.6 is 0 Å². The second kappa shape index (κ2) is 11.2. The van der Waals surface area contributed by atoms with Crippen molar-refractivity contribution in [2.24, 2.45) is 23.2 Å². The van der Waals surface area contributed by atoms with Crippen molar-refractivity contribution >= 4 is 119 Å². The van der Waals surface area contributed by atoms with Crippen LogP contribution in [0.2, 0.25) is 0 Å². The van der Waals surface area contributed by atoms with Crippen molar-refractivity contribution < 1.29 is 9.53 Å². The van der Waals surface area contributed by atoms with Crippen molar-refractivity contribution in [3.63, 3.8) is 0 Å². The van der Waals surface area contributed by atoms with E-state index in [1.807, 2.05) is 0 Å². The molecule has 8 unspecified atom stereocenters. The average Bonchev–Trinajstić information content (AvgIpc) is 4.07. The molecule has 1 spiro atoms. The zero-order valence-electron chi connectivity index (χ0n) is 40.5. The highest BCUT2D eigenvalue weighted by Gasteiger charge is 2.90. The summed E-state index contributed by atoms with van der Waals surface area (Å²) < 4.78 is 6.43.